The van der Waals surface area contributed by atoms with Crippen molar-refractivity contribution in [3.8, 4) is 0 Å². The number of H-pyrrole nitrogens is 1. The molecule has 0 fully saturated rings. The molecular formula is C21H27N5O4. The number of fused-ring (bicyclic) bond motifs is 2. The Labute approximate surface area is 173 Å². The van der Waals surface area contributed by atoms with E-state index in [0.717, 1.165) is 30.5 Å². The van der Waals surface area contributed by atoms with Crippen LogP contribution in [-0.2, 0) is 16.1 Å². The average Bonchev–Trinajstić information content (AvgIpc) is 2.70. The number of nitrogens with zero attached hydrogens (tertiary/aromatic N) is 4. The summed E-state index contributed by atoms with van der Waals surface area (Å²) in [7, 11) is 5.26. The second-order valence-electron chi connectivity index (χ2n) is 7.57. The highest BCUT2D eigenvalue weighted by molar-refractivity contribution is 5.87. The van der Waals surface area contributed by atoms with Gasteiger partial charge in [0.25, 0.3) is 5.56 Å². The Morgan fingerprint density at radius 1 is 1.10 bits per heavy atom. The fourth-order valence-electron chi connectivity index (χ4n) is 3.50. The smallest absolute Gasteiger partial charge is 0.330 e. The van der Waals surface area contributed by atoms with Gasteiger partial charge in [0.1, 0.15) is 0 Å². The summed E-state index contributed by atoms with van der Waals surface area (Å²) < 4.78 is 5.78. The van der Waals surface area contributed by atoms with Crippen LogP contribution in [0.1, 0.15) is 37.7 Å². The number of methoxy groups -OCH3 is 1. The molecule has 1 N–H and O–H groups in total. The van der Waals surface area contributed by atoms with Gasteiger partial charge in [-0.1, -0.05) is 12.8 Å². The summed E-state index contributed by atoms with van der Waals surface area (Å²) in [5.41, 5.74) is 2.68. The zero-order valence-corrected chi connectivity index (χ0v) is 17.8. The second-order valence-corrected chi connectivity index (χ2v) is 7.57. The minimum atomic E-state index is -0.490. The lowest BCUT2D eigenvalue weighted by molar-refractivity contribution is -0.140. The van der Waals surface area contributed by atoms with Crippen molar-refractivity contribution in [3.05, 3.63) is 38.5 Å². The lowest BCUT2D eigenvalue weighted by atomic mass is 10.1. The van der Waals surface area contributed by atoms with Crippen molar-refractivity contribution < 1.29 is 9.53 Å². The molecule has 0 spiro atoms. The Hall–Kier alpha value is -3.23. The lowest BCUT2D eigenvalue weighted by Crippen LogP contribution is -2.35. The van der Waals surface area contributed by atoms with Crippen LogP contribution in [0.15, 0.2) is 21.7 Å². The number of hydrogen-bond acceptors (Lipinski definition) is 7. The molecule has 1 aromatic carbocycles. The molecule has 0 bridgehead atoms. The van der Waals surface area contributed by atoms with Crippen molar-refractivity contribution in [1.82, 2.24) is 19.5 Å². The van der Waals surface area contributed by atoms with Crippen molar-refractivity contribution in [2.24, 2.45) is 0 Å². The summed E-state index contributed by atoms with van der Waals surface area (Å²) >= 11 is 0. The van der Waals surface area contributed by atoms with Gasteiger partial charge in [-0.15, -0.1) is 0 Å². The molecule has 3 aromatic rings. The first-order chi connectivity index (χ1) is 14.3. The molecular weight excluding hydrogens is 386 g/mol. The van der Waals surface area contributed by atoms with Crippen LogP contribution in [0.25, 0.3) is 22.2 Å². The number of ether oxygens (including phenoxy) is 1. The molecule has 2 heterocycles. The summed E-state index contributed by atoms with van der Waals surface area (Å²) in [6, 6.07) is 3.79. The topological polar surface area (TPSA) is 110 Å². The first-order valence-corrected chi connectivity index (χ1v) is 10.0. The lowest BCUT2D eigenvalue weighted by Gasteiger charge is -2.16. The van der Waals surface area contributed by atoms with Gasteiger partial charge < -0.3 is 9.64 Å². The fourth-order valence-corrected chi connectivity index (χ4v) is 3.50. The molecule has 30 heavy (non-hydrogen) atoms. The maximum absolute atomic E-state index is 12.9. The Morgan fingerprint density at radius 3 is 2.50 bits per heavy atom. The van der Waals surface area contributed by atoms with Crippen LogP contribution >= 0.6 is 0 Å². The van der Waals surface area contributed by atoms with E-state index in [1.807, 2.05) is 38.1 Å². The predicted octanol–water partition coefficient (Wildman–Crippen LogP) is 2.13. The number of unbranched alkanes of at least 4 members (excludes halogenated alkanes) is 3. The highest BCUT2D eigenvalue weighted by Gasteiger charge is 2.13. The molecule has 0 aliphatic carbocycles. The maximum Gasteiger partial charge on any atom is 0.330 e. The molecule has 160 valence electrons. The van der Waals surface area contributed by atoms with Crippen molar-refractivity contribution in [3.63, 3.8) is 0 Å². The first kappa shape index (κ1) is 21.5. The molecule has 0 unspecified atom stereocenters. The molecule has 3 rings (SSSR count). The molecule has 2 aromatic heterocycles. The van der Waals surface area contributed by atoms with Crippen LogP contribution in [-0.4, -0.2) is 46.7 Å². The molecule has 0 radical (unpaired) electrons. The quantitative estimate of drug-likeness (QED) is 0.342. The molecule has 0 saturated heterocycles. The van der Waals surface area contributed by atoms with Gasteiger partial charge in [0.2, 0.25) is 0 Å². The minimum absolute atomic E-state index is 0.157. The molecule has 0 saturated carbocycles. The number of rotatable bonds is 8. The molecule has 0 amide bonds. The zero-order valence-electron chi connectivity index (χ0n) is 17.8. The SMILES string of the molecule is COC(=O)CCCCCCn1c(=O)[nH]c2nc3cc(N(C)C)c(C)cc3nc2c1=O. The zero-order chi connectivity index (χ0) is 21.8. The van der Waals surface area contributed by atoms with E-state index in [-0.39, 0.29) is 17.1 Å². The highest BCUT2D eigenvalue weighted by atomic mass is 16.5. The number of nitrogens with one attached hydrogen (secondary N) is 1. The van der Waals surface area contributed by atoms with E-state index in [4.69, 9.17) is 0 Å². The summed E-state index contributed by atoms with van der Waals surface area (Å²) in [6.07, 6.45) is 3.39. The number of anilines is 1. The third-order valence-electron chi connectivity index (χ3n) is 5.12. The second kappa shape index (κ2) is 9.06. The van der Waals surface area contributed by atoms with Crippen LogP contribution in [0.4, 0.5) is 5.69 Å². The number of aromatic amines is 1. The highest BCUT2D eigenvalue weighted by Crippen LogP contribution is 2.23. The van der Waals surface area contributed by atoms with Gasteiger partial charge in [-0.3, -0.25) is 19.1 Å². The standard InChI is InChI=1S/C21H27N5O4/c1-13-11-14-15(12-16(13)25(2)3)23-19-18(22-14)20(28)26(21(29)24-19)10-8-6-5-7-9-17(27)30-4/h11-12H,5-10H2,1-4H3,(H,23,24,29). The summed E-state index contributed by atoms with van der Waals surface area (Å²) in [4.78, 5) is 50.1. The van der Waals surface area contributed by atoms with E-state index < -0.39 is 11.2 Å². The van der Waals surface area contributed by atoms with Gasteiger partial charge in [-0.05, 0) is 37.5 Å². The number of benzene rings is 1. The van der Waals surface area contributed by atoms with Crippen LogP contribution in [0.5, 0.6) is 0 Å². The van der Waals surface area contributed by atoms with Gasteiger partial charge in [0.05, 0.1) is 18.1 Å². The summed E-state index contributed by atoms with van der Waals surface area (Å²) in [5.74, 6) is -0.226. The van der Waals surface area contributed by atoms with E-state index in [0.29, 0.717) is 30.4 Å². The summed E-state index contributed by atoms with van der Waals surface area (Å²) in [6.45, 7) is 2.27. The van der Waals surface area contributed by atoms with E-state index in [1.54, 1.807) is 0 Å². The van der Waals surface area contributed by atoms with Crippen LogP contribution in [0.2, 0.25) is 0 Å². The average molecular weight is 413 g/mol. The van der Waals surface area contributed by atoms with Gasteiger partial charge in [0, 0.05) is 32.7 Å². The normalized spacial score (nSPS) is 11.2. The number of esters is 1. The number of carbonyl (C=O) groups is 1. The maximum atomic E-state index is 12.9. The van der Waals surface area contributed by atoms with Crippen LogP contribution < -0.4 is 16.1 Å². The monoisotopic (exact) mass is 413 g/mol. The van der Waals surface area contributed by atoms with Gasteiger partial charge in [-0.2, -0.15) is 0 Å². The third-order valence-corrected chi connectivity index (χ3v) is 5.12. The van der Waals surface area contributed by atoms with E-state index in [1.165, 1.54) is 11.7 Å². The Bertz CT molecular complexity index is 1200. The Balaban J connectivity index is 1.84. The molecule has 0 atom stereocenters. The third kappa shape index (κ3) is 4.50. The largest absolute Gasteiger partial charge is 0.469 e. The molecule has 9 heteroatoms. The molecule has 9 nitrogen and oxygen atoms in total. The van der Waals surface area contributed by atoms with Gasteiger partial charge in [0.15, 0.2) is 11.2 Å². The number of hydrogen-bond donors (Lipinski definition) is 1. The van der Waals surface area contributed by atoms with Gasteiger partial charge >= 0.3 is 11.7 Å². The predicted molar refractivity (Wildman–Crippen MR) is 116 cm³/mol. The number of carbonyl (C=O) groups excluding carboxylic acids is 1. The van der Waals surface area contributed by atoms with Crippen molar-refractivity contribution in [1.29, 1.82) is 0 Å². The van der Waals surface area contributed by atoms with E-state index in [9.17, 15) is 14.4 Å². The summed E-state index contributed by atoms with van der Waals surface area (Å²) in [5, 5.41) is 0. The van der Waals surface area contributed by atoms with Crippen molar-refractivity contribution in [2.75, 3.05) is 26.1 Å². The molecule has 0 aliphatic heterocycles. The molecule has 0 aliphatic rings. The number of aromatic nitrogens is 4. The minimum Gasteiger partial charge on any atom is -0.469 e. The van der Waals surface area contributed by atoms with Crippen LogP contribution in [0, 0.1) is 6.92 Å². The van der Waals surface area contributed by atoms with E-state index >= 15 is 0 Å². The van der Waals surface area contributed by atoms with Crippen molar-refractivity contribution in [2.45, 2.75) is 45.6 Å². The van der Waals surface area contributed by atoms with Gasteiger partial charge in [-0.25, -0.2) is 14.8 Å². The Morgan fingerprint density at radius 2 is 1.80 bits per heavy atom. The Kier molecular flexibility index (Phi) is 6.49. The fraction of sp³-hybridized carbons (Fsp3) is 0.476. The van der Waals surface area contributed by atoms with Crippen LogP contribution in [0.3, 0.4) is 0 Å². The van der Waals surface area contributed by atoms with E-state index in [2.05, 4.69) is 19.7 Å². The first-order valence-electron chi connectivity index (χ1n) is 10.0. The number of aryl methyl sites for hydroxylation is 1. The van der Waals surface area contributed by atoms with Crippen molar-refractivity contribution >= 4 is 33.9 Å².